The molecule has 3 fully saturated rings. The van der Waals surface area contributed by atoms with Gasteiger partial charge in [-0.2, -0.15) is 0 Å². The zero-order valence-corrected chi connectivity index (χ0v) is 25.0. The van der Waals surface area contributed by atoms with Crippen molar-refractivity contribution in [1.82, 2.24) is 15.1 Å². The van der Waals surface area contributed by atoms with Crippen molar-refractivity contribution < 1.29 is 28.6 Å². The largest absolute Gasteiger partial charge is 0.487 e. The number of fused-ring (bicyclic) bond motifs is 4. The van der Waals surface area contributed by atoms with Crippen LogP contribution in [-0.2, 0) is 19.1 Å². The number of hydrogen-bond acceptors (Lipinski definition) is 6. The molecule has 1 N–H and O–H groups in total. The van der Waals surface area contributed by atoms with Gasteiger partial charge in [-0.1, -0.05) is 12.1 Å². The number of rotatable bonds is 3. The third kappa shape index (κ3) is 5.67. The van der Waals surface area contributed by atoms with Crippen LogP contribution in [0.15, 0.2) is 18.2 Å². The first kappa shape index (κ1) is 28.7. The summed E-state index contributed by atoms with van der Waals surface area (Å²) in [4.78, 5) is 42.8. The molecule has 0 saturated carbocycles. The highest BCUT2D eigenvalue weighted by molar-refractivity contribution is 5.91. The molecular weight excluding hydrogens is 510 g/mol. The molecule has 0 aliphatic carbocycles. The van der Waals surface area contributed by atoms with Crippen molar-refractivity contribution in [3.05, 3.63) is 29.3 Å². The van der Waals surface area contributed by atoms with Crippen molar-refractivity contribution in [2.75, 3.05) is 19.6 Å². The van der Waals surface area contributed by atoms with Crippen LogP contribution in [-0.4, -0.2) is 76.7 Å². The molecule has 1 aromatic carbocycles. The Morgan fingerprint density at radius 2 is 1.90 bits per heavy atom. The molecule has 3 saturated heterocycles. The molecule has 0 bridgehead atoms. The molecule has 0 radical (unpaired) electrons. The highest BCUT2D eigenvalue weighted by atomic mass is 16.6. The minimum absolute atomic E-state index is 0.00383. The summed E-state index contributed by atoms with van der Waals surface area (Å²) in [5, 5.41) is 2.63. The van der Waals surface area contributed by atoms with E-state index in [-0.39, 0.29) is 41.5 Å². The maximum atomic E-state index is 13.8. The van der Waals surface area contributed by atoms with E-state index in [1.165, 1.54) is 5.56 Å². The topological polar surface area (TPSA) is 97.4 Å². The first-order chi connectivity index (χ1) is 18.7. The van der Waals surface area contributed by atoms with Crippen LogP contribution in [0.1, 0.15) is 84.5 Å². The summed E-state index contributed by atoms with van der Waals surface area (Å²) >= 11 is 0. The summed E-state index contributed by atoms with van der Waals surface area (Å²) in [6.07, 6.45) is 2.53. The predicted octanol–water partition coefficient (Wildman–Crippen LogP) is 4.36. The molecule has 6 atom stereocenters. The van der Waals surface area contributed by atoms with Crippen LogP contribution >= 0.6 is 0 Å². The third-order valence-corrected chi connectivity index (χ3v) is 8.89. The van der Waals surface area contributed by atoms with Gasteiger partial charge in [-0.05, 0) is 85.8 Å². The van der Waals surface area contributed by atoms with Gasteiger partial charge >= 0.3 is 6.09 Å². The number of carbonyl (C=O) groups excluding carboxylic acids is 3. The zero-order chi connectivity index (χ0) is 29.0. The van der Waals surface area contributed by atoms with Gasteiger partial charge in [0.2, 0.25) is 11.8 Å². The highest BCUT2D eigenvalue weighted by Gasteiger charge is 2.52. The fourth-order valence-corrected chi connectivity index (χ4v) is 6.90. The summed E-state index contributed by atoms with van der Waals surface area (Å²) in [6.45, 7) is 15.1. The summed E-state index contributed by atoms with van der Waals surface area (Å²) < 4.78 is 18.6. The maximum Gasteiger partial charge on any atom is 0.408 e. The number of nitrogens with one attached hydrogen (secondary N) is 1. The van der Waals surface area contributed by atoms with Crippen molar-refractivity contribution in [3.63, 3.8) is 0 Å². The second kappa shape index (κ2) is 10.5. The Balaban J connectivity index is 1.24. The van der Waals surface area contributed by atoms with E-state index < -0.39 is 23.8 Å². The molecule has 0 spiro atoms. The van der Waals surface area contributed by atoms with Crippen LogP contribution < -0.4 is 10.1 Å². The first-order valence-corrected chi connectivity index (χ1v) is 14.8. The van der Waals surface area contributed by atoms with E-state index in [1.54, 1.807) is 32.6 Å². The van der Waals surface area contributed by atoms with E-state index in [9.17, 15) is 14.4 Å². The highest BCUT2D eigenvalue weighted by Crippen LogP contribution is 2.53. The third-order valence-electron chi connectivity index (χ3n) is 8.89. The molecule has 3 amide bonds. The number of aryl methyl sites for hydroxylation is 1. The van der Waals surface area contributed by atoms with E-state index in [0.717, 1.165) is 30.6 Å². The van der Waals surface area contributed by atoms with Crippen molar-refractivity contribution in [2.24, 2.45) is 11.8 Å². The molecule has 5 rings (SSSR count). The lowest BCUT2D eigenvalue weighted by atomic mass is 9.70. The van der Waals surface area contributed by atoms with Gasteiger partial charge in [0.1, 0.15) is 29.0 Å². The number of benzene rings is 1. The molecule has 0 unspecified atom stereocenters. The summed E-state index contributed by atoms with van der Waals surface area (Å²) in [7, 11) is 0. The number of ether oxygens (including phenoxy) is 3. The summed E-state index contributed by atoms with van der Waals surface area (Å²) in [5.41, 5.74) is 1.26. The van der Waals surface area contributed by atoms with Gasteiger partial charge in [-0.3, -0.25) is 9.59 Å². The second-order valence-electron chi connectivity index (χ2n) is 13.6. The van der Waals surface area contributed by atoms with Gasteiger partial charge in [0.25, 0.3) is 0 Å². The Hall–Kier alpha value is -2.81. The van der Waals surface area contributed by atoms with E-state index >= 15 is 0 Å². The molecule has 40 heavy (non-hydrogen) atoms. The Morgan fingerprint density at radius 3 is 2.62 bits per heavy atom. The SMILES string of the molecule is Cc1ccc2c(c1)OC(C)(C)[C@@H]1C[C@H]3CN(C(=O)[C@@H]4CCCN4C(=O)[C@H](C)NC(=O)OC(C)(C)C)CC[C@H]3O[C@@H]21. The van der Waals surface area contributed by atoms with Gasteiger partial charge in [-0.15, -0.1) is 0 Å². The number of piperidine rings is 1. The monoisotopic (exact) mass is 555 g/mol. The van der Waals surface area contributed by atoms with E-state index in [0.29, 0.717) is 26.1 Å². The van der Waals surface area contributed by atoms with E-state index in [1.807, 2.05) is 4.90 Å². The summed E-state index contributed by atoms with van der Waals surface area (Å²) in [6, 6.07) is 5.07. The molecule has 220 valence electrons. The number of hydrogen-bond donors (Lipinski definition) is 1. The standard InChI is InChI=1S/C31H45N3O6/c1-18-10-11-21-25(15-18)39-31(6,7)22-16-20-17-33(14-12-24(20)38-26(21)22)28(36)23-9-8-13-34(23)27(35)19(2)32-29(37)40-30(3,4)5/h10-11,15,19-20,22-24,26H,8-9,12-14,16-17H2,1-7H3,(H,32,37)/t19-,20-,22+,23-,24+,26-/m0/s1. The first-order valence-electron chi connectivity index (χ1n) is 14.8. The lowest BCUT2D eigenvalue weighted by Crippen LogP contribution is -2.58. The molecule has 1 aromatic rings. The van der Waals surface area contributed by atoms with Gasteiger partial charge in [0.15, 0.2) is 0 Å². The Bertz CT molecular complexity index is 1160. The predicted molar refractivity (Wildman–Crippen MR) is 150 cm³/mol. The molecule has 9 nitrogen and oxygen atoms in total. The Labute approximate surface area is 237 Å². The lowest BCUT2D eigenvalue weighted by Gasteiger charge is -2.53. The minimum Gasteiger partial charge on any atom is -0.487 e. The van der Waals surface area contributed by atoms with Crippen LogP contribution in [0.4, 0.5) is 4.79 Å². The Morgan fingerprint density at radius 1 is 1.15 bits per heavy atom. The lowest BCUT2D eigenvalue weighted by molar-refractivity contribution is -0.189. The molecule has 4 heterocycles. The number of carbonyl (C=O) groups is 3. The smallest absolute Gasteiger partial charge is 0.408 e. The fraction of sp³-hybridized carbons (Fsp3) is 0.710. The van der Waals surface area contributed by atoms with E-state index in [2.05, 4.69) is 44.3 Å². The average Bonchev–Trinajstić information content (AvgIpc) is 3.35. The molecule has 4 aliphatic heterocycles. The van der Waals surface area contributed by atoms with Crippen LogP contribution in [0.25, 0.3) is 0 Å². The molecular formula is C31H45N3O6. The van der Waals surface area contributed by atoms with Crippen LogP contribution in [0.2, 0.25) is 0 Å². The van der Waals surface area contributed by atoms with Gasteiger partial charge in [-0.25, -0.2) is 4.79 Å². The van der Waals surface area contributed by atoms with Crippen LogP contribution in [0, 0.1) is 18.8 Å². The Kier molecular flexibility index (Phi) is 7.57. The maximum absolute atomic E-state index is 13.8. The van der Waals surface area contributed by atoms with Crippen molar-refractivity contribution in [2.45, 2.75) is 110 Å². The molecule has 9 heteroatoms. The van der Waals surface area contributed by atoms with Gasteiger partial charge in [0.05, 0.1) is 12.2 Å². The number of alkyl carbamates (subject to hydrolysis) is 1. The normalized spacial score (nSPS) is 29.8. The number of likely N-dealkylation sites (tertiary alicyclic amines) is 2. The van der Waals surface area contributed by atoms with Gasteiger partial charge in [0, 0.05) is 37.0 Å². The minimum atomic E-state index is -0.780. The van der Waals surface area contributed by atoms with Crippen LogP contribution in [0.3, 0.4) is 0 Å². The molecule has 4 aliphatic rings. The average molecular weight is 556 g/mol. The van der Waals surface area contributed by atoms with E-state index in [4.69, 9.17) is 14.2 Å². The fourth-order valence-electron chi connectivity index (χ4n) is 6.90. The van der Waals surface area contributed by atoms with Crippen LogP contribution in [0.5, 0.6) is 5.75 Å². The summed E-state index contributed by atoms with van der Waals surface area (Å²) in [5.74, 6) is 1.06. The molecule has 0 aromatic heterocycles. The zero-order valence-electron chi connectivity index (χ0n) is 25.0. The van der Waals surface area contributed by atoms with Crippen molar-refractivity contribution >= 4 is 17.9 Å². The second-order valence-corrected chi connectivity index (χ2v) is 13.6. The number of amides is 3. The number of nitrogens with zero attached hydrogens (tertiary/aromatic N) is 2. The quantitative estimate of drug-likeness (QED) is 0.595. The van der Waals surface area contributed by atoms with Crippen molar-refractivity contribution in [3.8, 4) is 5.75 Å². The van der Waals surface area contributed by atoms with Crippen molar-refractivity contribution in [1.29, 1.82) is 0 Å². The van der Waals surface area contributed by atoms with Gasteiger partial charge < -0.3 is 29.3 Å².